The van der Waals surface area contributed by atoms with Crippen LogP contribution in [0.4, 0.5) is 0 Å². The summed E-state index contributed by atoms with van der Waals surface area (Å²) < 4.78 is 0. The van der Waals surface area contributed by atoms with Crippen LogP contribution in [-0.4, -0.2) is 23.3 Å². The Labute approximate surface area is 72.0 Å². The molecule has 3 nitrogen and oxygen atoms in total. The SMILES string of the molecule is C=CCCN1C(=O)CC(C)C1=O. The Morgan fingerprint density at radius 2 is 2.33 bits per heavy atom. The van der Waals surface area contributed by atoms with Crippen LogP contribution in [0.15, 0.2) is 12.7 Å². The second-order valence-electron chi connectivity index (χ2n) is 3.07. The van der Waals surface area contributed by atoms with Gasteiger partial charge in [-0.2, -0.15) is 0 Å². The van der Waals surface area contributed by atoms with Crippen LogP contribution < -0.4 is 0 Å². The van der Waals surface area contributed by atoms with Crippen molar-refractivity contribution >= 4 is 11.8 Å². The highest BCUT2D eigenvalue weighted by molar-refractivity contribution is 6.03. The maximum Gasteiger partial charge on any atom is 0.232 e. The molecule has 1 unspecified atom stereocenters. The van der Waals surface area contributed by atoms with Crippen LogP contribution in [0.2, 0.25) is 0 Å². The standard InChI is InChI=1S/C9H13NO2/c1-3-4-5-10-8(11)6-7(2)9(10)12/h3,7H,1,4-6H2,2H3. The molecular formula is C9H13NO2. The predicted octanol–water partition coefficient (Wildman–Crippen LogP) is 0.958. The van der Waals surface area contributed by atoms with Gasteiger partial charge in [0.2, 0.25) is 11.8 Å². The lowest BCUT2D eigenvalue weighted by atomic mass is 10.1. The second kappa shape index (κ2) is 3.52. The highest BCUT2D eigenvalue weighted by Gasteiger charge is 2.34. The molecular weight excluding hydrogens is 154 g/mol. The first-order valence-corrected chi connectivity index (χ1v) is 4.12. The molecule has 2 amide bonds. The summed E-state index contributed by atoms with van der Waals surface area (Å²) in [6.45, 7) is 5.82. The maximum absolute atomic E-state index is 11.3. The molecule has 1 rings (SSSR count). The van der Waals surface area contributed by atoms with E-state index in [0.717, 1.165) is 0 Å². The minimum Gasteiger partial charge on any atom is -0.282 e. The lowest BCUT2D eigenvalue weighted by molar-refractivity contribution is -0.139. The first-order valence-electron chi connectivity index (χ1n) is 4.12. The van der Waals surface area contributed by atoms with Crippen LogP contribution in [0, 0.1) is 5.92 Å². The molecule has 1 aliphatic heterocycles. The number of imide groups is 1. The summed E-state index contributed by atoms with van der Waals surface area (Å²) in [7, 11) is 0. The van der Waals surface area contributed by atoms with Crippen molar-refractivity contribution in [1.82, 2.24) is 4.90 Å². The molecule has 0 aromatic rings. The quantitative estimate of drug-likeness (QED) is 0.463. The molecule has 0 radical (unpaired) electrons. The van der Waals surface area contributed by atoms with Gasteiger partial charge in [-0.05, 0) is 6.42 Å². The van der Waals surface area contributed by atoms with E-state index in [1.807, 2.05) is 0 Å². The Morgan fingerprint density at radius 1 is 1.67 bits per heavy atom. The van der Waals surface area contributed by atoms with E-state index in [4.69, 9.17) is 0 Å². The first kappa shape index (κ1) is 8.97. The molecule has 1 fully saturated rings. The van der Waals surface area contributed by atoms with Gasteiger partial charge < -0.3 is 0 Å². The summed E-state index contributed by atoms with van der Waals surface area (Å²) in [6.07, 6.45) is 2.77. The van der Waals surface area contributed by atoms with E-state index in [9.17, 15) is 9.59 Å². The van der Waals surface area contributed by atoms with Crippen LogP contribution in [0.1, 0.15) is 19.8 Å². The summed E-state index contributed by atoms with van der Waals surface area (Å²) in [5, 5.41) is 0. The van der Waals surface area contributed by atoms with E-state index in [1.54, 1.807) is 13.0 Å². The van der Waals surface area contributed by atoms with E-state index >= 15 is 0 Å². The predicted molar refractivity (Wildman–Crippen MR) is 45.3 cm³/mol. The molecule has 0 bridgehead atoms. The fourth-order valence-corrected chi connectivity index (χ4v) is 1.30. The van der Waals surface area contributed by atoms with Crippen molar-refractivity contribution in [3.63, 3.8) is 0 Å². The Bertz CT molecular complexity index is 223. The fourth-order valence-electron chi connectivity index (χ4n) is 1.30. The Morgan fingerprint density at radius 3 is 2.75 bits per heavy atom. The largest absolute Gasteiger partial charge is 0.282 e. The molecule has 66 valence electrons. The lowest BCUT2D eigenvalue weighted by Gasteiger charge is -2.11. The normalized spacial score (nSPS) is 23.4. The van der Waals surface area contributed by atoms with Gasteiger partial charge in [-0.3, -0.25) is 14.5 Å². The minimum absolute atomic E-state index is 0.0400. The molecule has 1 atom stereocenters. The third-order valence-corrected chi connectivity index (χ3v) is 2.03. The molecule has 1 heterocycles. The van der Waals surface area contributed by atoms with Crippen LogP contribution in [0.5, 0.6) is 0 Å². The van der Waals surface area contributed by atoms with Crippen molar-refractivity contribution in [2.45, 2.75) is 19.8 Å². The number of likely N-dealkylation sites (tertiary alicyclic amines) is 1. The van der Waals surface area contributed by atoms with Gasteiger partial charge in [0.15, 0.2) is 0 Å². The Kier molecular flexibility index (Phi) is 2.63. The van der Waals surface area contributed by atoms with Gasteiger partial charge in [0, 0.05) is 18.9 Å². The zero-order valence-corrected chi connectivity index (χ0v) is 7.25. The van der Waals surface area contributed by atoms with Gasteiger partial charge in [-0.1, -0.05) is 13.0 Å². The van der Waals surface area contributed by atoms with Gasteiger partial charge >= 0.3 is 0 Å². The first-order chi connectivity index (χ1) is 5.66. The molecule has 0 aliphatic carbocycles. The van der Waals surface area contributed by atoms with Crippen molar-refractivity contribution in [1.29, 1.82) is 0 Å². The van der Waals surface area contributed by atoms with Gasteiger partial charge in [0.05, 0.1) is 0 Å². The summed E-state index contributed by atoms with van der Waals surface area (Å²) in [6, 6.07) is 0. The average Bonchev–Trinajstić information content (AvgIpc) is 2.25. The van der Waals surface area contributed by atoms with Crippen LogP contribution in [0.25, 0.3) is 0 Å². The Balaban J connectivity index is 2.57. The monoisotopic (exact) mass is 167 g/mol. The van der Waals surface area contributed by atoms with Crippen molar-refractivity contribution in [3.05, 3.63) is 12.7 Å². The van der Waals surface area contributed by atoms with Crippen molar-refractivity contribution < 1.29 is 9.59 Å². The number of carbonyl (C=O) groups is 2. The second-order valence-corrected chi connectivity index (χ2v) is 3.07. The van der Waals surface area contributed by atoms with Crippen LogP contribution in [-0.2, 0) is 9.59 Å². The third-order valence-electron chi connectivity index (χ3n) is 2.03. The number of rotatable bonds is 3. The highest BCUT2D eigenvalue weighted by Crippen LogP contribution is 2.18. The number of hydrogen-bond acceptors (Lipinski definition) is 2. The lowest BCUT2D eigenvalue weighted by Crippen LogP contribution is -2.30. The van der Waals surface area contributed by atoms with E-state index in [1.165, 1.54) is 4.90 Å². The zero-order chi connectivity index (χ0) is 9.14. The summed E-state index contributed by atoms with van der Waals surface area (Å²) >= 11 is 0. The fraction of sp³-hybridized carbons (Fsp3) is 0.556. The molecule has 0 spiro atoms. The van der Waals surface area contributed by atoms with Crippen molar-refractivity contribution in [2.24, 2.45) is 5.92 Å². The molecule has 0 N–H and O–H groups in total. The van der Waals surface area contributed by atoms with Gasteiger partial charge in [-0.25, -0.2) is 0 Å². The number of hydrogen-bond donors (Lipinski definition) is 0. The average molecular weight is 167 g/mol. The summed E-state index contributed by atoms with van der Waals surface area (Å²) in [4.78, 5) is 23.8. The third kappa shape index (κ3) is 1.55. The maximum atomic E-state index is 11.3. The van der Waals surface area contributed by atoms with Crippen LogP contribution in [0.3, 0.4) is 0 Å². The minimum atomic E-state index is -0.123. The highest BCUT2D eigenvalue weighted by atomic mass is 16.2. The number of nitrogens with zero attached hydrogens (tertiary/aromatic N) is 1. The molecule has 0 saturated carbocycles. The van der Waals surface area contributed by atoms with Gasteiger partial charge in [0.1, 0.15) is 0 Å². The summed E-state index contributed by atoms with van der Waals surface area (Å²) in [5.41, 5.74) is 0. The molecule has 0 aromatic carbocycles. The van der Waals surface area contributed by atoms with E-state index < -0.39 is 0 Å². The Hall–Kier alpha value is -1.12. The van der Waals surface area contributed by atoms with E-state index in [-0.39, 0.29) is 17.7 Å². The molecule has 0 aromatic heterocycles. The number of carbonyl (C=O) groups excluding carboxylic acids is 2. The molecule has 3 heteroatoms. The molecule has 1 aliphatic rings. The molecule has 1 saturated heterocycles. The van der Waals surface area contributed by atoms with E-state index in [2.05, 4.69) is 6.58 Å². The van der Waals surface area contributed by atoms with Crippen LogP contribution >= 0.6 is 0 Å². The smallest absolute Gasteiger partial charge is 0.232 e. The van der Waals surface area contributed by atoms with Crippen molar-refractivity contribution in [2.75, 3.05) is 6.54 Å². The number of amides is 2. The van der Waals surface area contributed by atoms with Gasteiger partial charge in [0.25, 0.3) is 0 Å². The van der Waals surface area contributed by atoms with Crippen molar-refractivity contribution in [3.8, 4) is 0 Å². The summed E-state index contributed by atoms with van der Waals surface area (Å²) in [5.74, 6) is -0.210. The zero-order valence-electron chi connectivity index (χ0n) is 7.25. The van der Waals surface area contributed by atoms with Gasteiger partial charge in [-0.15, -0.1) is 6.58 Å². The van der Waals surface area contributed by atoms with E-state index in [0.29, 0.717) is 19.4 Å². The molecule has 12 heavy (non-hydrogen) atoms. The topological polar surface area (TPSA) is 37.4 Å².